The fourth-order valence-corrected chi connectivity index (χ4v) is 11.0. The van der Waals surface area contributed by atoms with E-state index in [-0.39, 0.29) is 85.0 Å². The summed E-state index contributed by atoms with van der Waals surface area (Å²) in [7, 11) is 1.53. The number of pyridine rings is 1. The molecule has 4 amide bonds. The van der Waals surface area contributed by atoms with Gasteiger partial charge in [0.1, 0.15) is 16.9 Å². The van der Waals surface area contributed by atoms with Crippen molar-refractivity contribution < 1.29 is 33.0 Å². The van der Waals surface area contributed by atoms with E-state index in [4.69, 9.17) is 26.1 Å². The number of likely N-dealkylation sites (tertiary alicyclic amines) is 1. The van der Waals surface area contributed by atoms with Gasteiger partial charge in [-0.3, -0.25) is 29.3 Å². The van der Waals surface area contributed by atoms with Crippen molar-refractivity contribution in [2.24, 2.45) is 0 Å². The quantitative estimate of drug-likeness (QED) is 0.147. The molecule has 6 heterocycles. The third-order valence-electron chi connectivity index (χ3n) is 14.7. The second-order valence-corrected chi connectivity index (χ2v) is 19.0. The molecular formula is C48H55ClFN9O7. The van der Waals surface area contributed by atoms with Crippen molar-refractivity contribution >= 4 is 63.6 Å². The summed E-state index contributed by atoms with van der Waals surface area (Å²) in [6.45, 7) is 3.01. The summed E-state index contributed by atoms with van der Waals surface area (Å²) in [6.07, 6.45) is 11.6. The maximum atomic E-state index is 16.0. The van der Waals surface area contributed by atoms with Crippen molar-refractivity contribution in [2.75, 3.05) is 50.1 Å². The Morgan fingerprint density at radius 2 is 1.70 bits per heavy atom. The van der Waals surface area contributed by atoms with Crippen molar-refractivity contribution in [1.29, 1.82) is 0 Å². The maximum absolute atomic E-state index is 16.0. The second kappa shape index (κ2) is 18.6. The van der Waals surface area contributed by atoms with Gasteiger partial charge < -0.3 is 39.4 Å². The second-order valence-electron chi connectivity index (χ2n) is 18.6. The molecule has 4 aliphatic heterocycles. The lowest BCUT2D eigenvalue weighted by Crippen LogP contribution is -2.52. The minimum Gasteiger partial charge on any atom is -0.478 e. The molecule has 0 radical (unpaired) electrons. The Kier molecular flexibility index (Phi) is 12.4. The van der Waals surface area contributed by atoms with Gasteiger partial charge in [-0.2, -0.15) is 4.98 Å². The highest BCUT2D eigenvalue weighted by atomic mass is 35.5. The first-order chi connectivity index (χ1) is 32.0. The van der Waals surface area contributed by atoms with Gasteiger partial charge >= 0.3 is 0 Å². The van der Waals surface area contributed by atoms with Crippen LogP contribution in [0.3, 0.4) is 0 Å². The molecule has 16 nitrogen and oxygen atoms in total. The summed E-state index contributed by atoms with van der Waals surface area (Å²) in [6, 6.07) is 10.7. The van der Waals surface area contributed by atoms with Crippen LogP contribution in [0.1, 0.15) is 110 Å². The molecule has 6 aliphatic rings. The monoisotopic (exact) mass is 923 g/mol. The predicted molar refractivity (Wildman–Crippen MR) is 245 cm³/mol. The van der Waals surface area contributed by atoms with Crippen molar-refractivity contribution in [3.63, 3.8) is 0 Å². The third-order valence-corrected chi connectivity index (χ3v) is 14.9. The van der Waals surface area contributed by atoms with Gasteiger partial charge in [-0.1, -0.05) is 30.5 Å². The molecule has 2 aromatic carbocycles. The number of fused-ring (bicyclic) bond motifs is 2. The van der Waals surface area contributed by atoms with E-state index in [0.29, 0.717) is 39.5 Å². The fourth-order valence-electron chi connectivity index (χ4n) is 10.9. The number of rotatable bonds is 12. The number of likely N-dealkylation sites (N-methyl/N-ethyl adjacent to an activating group) is 1. The largest absolute Gasteiger partial charge is 0.478 e. The molecule has 0 spiro atoms. The lowest BCUT2D eigenvalue weighted by atomic mass is 9.83. The highest BCUT2D eigenvalue weighted by Gasteiger charge is 2.42. The molecule has 1 atom stereocenters. The zero-order valence-electron chi connectivity index (χ0n) is 37.0. The van der Waals surface area contributed by atoms with Crippen molar-refractivity contribution in [2.45, 2.75) is 120 Å². The molecule has 348 valence electrons. The van der Waals surface area contributed by atoms with Crippen LogP contribution in [0.25, 0.3) is 10.9 Å². The van der Waals surface area contributed by atoms with E-state index in [1.54, 1.807) is 24.4 Å². The van der Waals surface area contributed by atoms with Crippen LogP contribution in [0.4, 0.5) is 21.8 Å². The topological polar surface area (TPSA) is 180 Å². The number of ether oxygens (including phenoxy) is 2. The highest BCUT2D eigenvalue weighted by Crippen LogP contribution is 2.40. The van der Waals surface area contributed by atoms with E-state index in [1.807, 2.05) is 22.8 Å². The highest BCUT2D eigenvalue weighted by molar-refractivity contribution is 6.33. The normalized spacial score (nSPS) is 23.3. The molecule has 0 bridgehead atoms. The number of imide groups is 1. The number of halogens is 2. The summed E-state index contributed by atoms with van der Waals surface area (Å²) in [5.74, 6) is -0.629. The number of carbonyl (C=O) groups excluding carboxylic acids is 4. The first-order valence-corrected chi connectivity index (χ1v) is 23.8. The van der Waals surface area contributed by atoms with Gasteiger partial charge in [-0.15, -0.1) is 0 Å². The Balaban J connectivity index is 0.703. The lowest BCUT2D eigenvalue weighted by molar-refractivity contribution is -0.137. The predicted octanol–water partition coefficient (Wildman–Crippen LogP) is 5.72. The molecule has 5 fully saturated rings. The molecule has 18 heteroatoms. The Bertz CT molecular complexity index is 2620. The van der Waals surface area contributed by atoms with Gasteiger partial charge in [0, 0.05) is 60.8 Å². The summed E-state index contributed by atoms with van der Waals surface area (Å²) < 4.78 is 30.2. The van der Waals surface area contributed by atoms with E-state index in [0.717, 1.165) is 107 Å². The Hall–Kier alpha value is -5.65. The minimum absolute atomic E-state index is 0.0393. The maximum Gasteiger partial charge on any atom is 0.293 e. The van der Waals surface area contributed by atoms with Crippen LogP contribution in [0.15, 0.2) is 47.4 Å². The average Bonchev–Trinajstić information content (AvgIpc) is 3.96. The lowest BCUT2D eigenvalue weighted by Gasteiger charge is -2.47. The smallest absolute Gasteiger partial charge is 0.293 e. The van der Waals surface area contributed by atoms with Gasteiger partial charge in [0.15, 0.2) is 18.2 Å². The molecule has 3 N–H and O–H groups in total. The van der Waals surface area contributed by atoms with Crippen LogP contribution in [-0.2, 0) is 25.7 Å². The Morgan fingerprint density at radius 1 is 0.924 bits per heavy atom. The number of hydrogen-bond donors (Lipinski definition) is 3. The van der Waals surface area contributed by atoms with Crippen LogP contribution < -0.4 is 31.1 Å². The number of benzene rings is 2. The number of anilines is 3. The Labute approximate surface area is 386 Å². The first-order valence-electron chi connectivity index (χ1n) is 23.4. The van der Waals surface area contributed by atoms with Gasteiger partial charge in [0.25, 0.3) is 17.4 Å². The molecule has 2 aliphatic carbocycles. The van der Waals surface area contributed by atoms with Crippen LogP contribution in [0.2, 0.25) is 5.02 Å². The zero-order valence-corrected chi connectivity index (χ0v) is 37.8. The minimum atomic E-state index is -0.768. The number of carbonyl (C=O) groups is 4. The Morgan fingerprint density at radius 3 is 2.44 bits per heavy atom. The third kappa shape index (κ3) is 8.72. The van der Waals surface area contributed by atoms with E-state index in [1.165, 1.54) is 11.9 Å². The van der Waals surface area contributed by atoms with Crippen molar-refractivity contribution in [1.82, 2.24) is 35.0 Å². The first kappa shape index (κ1) is 44.2. The van der Waals surface area contributed by atoms with Crippen molar-refractivity contribution in [3.8, 4) is 5.75 Å². The van der Waals surface area contributed by atoms with Gasteiger partial charge in [-0.25, -0.2) is 9.37 Å². The molecule has 2 saturated carbocycles. The molecule has 10 rings (SSSR count). The zero-order chi connectivity index (χ0) is 45.6. The number of amides is 4. The van der Waals surface area contributed by atoms with Crippen LogP contribution in [0.5, 0.6) is 5.75 Å². The van der Waals surface area contributed by atoms with E-state index in [9.17, 15) is 24.0 Å². The molecule has 66 heavy (non-hydrogen) atoms. The standard InChI is InChI=1S/C48H55ClFN9O7/c1-51-42(61)26-65-40-21-28-20-29(6-9-38(28)59(47(40)64)30-4-2-3-5-30)53-44-37(49)24-52-48(55-44)57-18-14-32(15-19-57)66-33-22-31(23-33)56-16-12-27(13-17-56)34-7-8-35-36(43(34)50)25-58(46(35)63)39-10-11-41(60)54-45(39)62/h6-9,20-21,24,27,30-33,39H,2-5,10-19,22-23,25-26H2,1H3,(H,51,61)(H,52,53,55)(H,54,60,62). The molecule has 3 saturated heterocycles. The number of aromatic nitrogens is 3. The number of hydrogen-bond acceptors (Lipinski definition) is 12. The van der Waals surface area contributed by atoms with E-state index in [2.05, 4.69) is 30.7 Å². The number of nitrogens with zero attached hydrogens (tertiary/aromatic N) is 6. The summed E-state index contributed by atoms with van der Waals surface area (Å²) in [5, 5.41) is 9.37. The average molecular weight is 924 g/mol. The number of piperidine rings is 3. The summed E-state index contributed by atoms with van der Waals surface area (Å²) >= 11 is 6.64. The van der Waals surface area contributed by atoms with E-state index < -0.39 is 11.9 Å². The molecular weight excluding hydrogens is 869 g/mol. The van der Waals surface area contributed by atoms with E-state index >= 15 is 4.39 Å². The van der Waals surface area contributed by atoms with Crippen LogP contribution in [0, 0.1) is 5.82 Å². The molecule has 1 unspecified atom stereocenters. The van der Waals surface area contributed by atoms with Gasteiger partial charge in [-0.05, 0) is 113 Å². The summed E-state index contributed by atoms with van der Waals surface area (Å²) in [5.41, 5.74) is 2.60. The molecule has 2 aromatic heterocycles. The van der Waals surface area contributed by atoms with Crippen LogP contribution >= 0.6 is 11.6 Å². The SMILES string of the molecule is CNC(=O)COc1cc2cc(Nc3nc(N4CCC(OC5CC(N6CCC(c7ccc8c(c7F)CN(C7CCC(=O)NC7=O)C8=O)CC6)C5)CC4)ncc3Cl)ccc2n(C2CCCC2)c1=O. The number of nitrogens with one attached hydrogen (secondary N) is 3. The van der Waals surface area contributed by atoms with Crippen molar-refractivity contribution in [3.05, 3.63) is 80.5 Å². The van der Waals surface area contributed by atoms with Gasteiger partial charge in [0.2, 0.25) is 17.8 Å². The van der Waals surface area contributed by atoms with Gasteiger partial charge in [0.05, 0.1) is 30.5 Å². The fraction of sp³-hybridized carbons (Fsp3) is 0.521. The summed E-state index contributed by atoms with van der Waals surface area (Å²) in [4.78, 5) is 78.3. The van der Waals surface area contributed by atoms with Crippen LogP contribution in [-0.4, -0.2) is 112 Å². The molecule has 4 aromatic rings.